The summed E-state index contributed by atoms with van der Waals surface area (Å²) in [7, 11) is -1.41. The predicted octanol–water partition coefficient (Wildman–Crippen LogP) is 2.73. The number of benzene rings is 1. The Morgan fingerprint density at radius 2 is 1.76 bits per heavy atom. The number of hydrogen-bond donors (Lipinski definition) is 0. The number of amides is 1. The lowest BCUT2D eigenvalue weighted by atomic mass is 9.93. The van der Waals surface area contributed by atoms with Crippen LogP contribution in [0.25, 0.3) is 0 Å². The summed E-state index contributed by atoms with van der Waals surface area (Å²) in [4.78, 5) is 13.7. The Labute approximate surface area is 132 Å². The average molecular weight is 332 g/mol. The zero-order valence-electron chi connectivity index (χ0n) is 12.8. The van der Waals surface area contributed by atoms with Gasteiger partial charge in [0.05, 0.1) is 5.75 Å². The van der Waals surface area contributed by atoms with Crippen molar-refractivity contribution >= 4 is 27.3 Å². The molecule has 0 heterocycles. The quantitative estimate of drug-likeness (QED) is 0.805. The van der Waals surface area contributed by atoms with Gasteiger partial charge in [-0.05, 0) is 24.6 Å². The van der Waals surface area contributed by atoms with E-state index in [1.807, 2.05) is 38.1 Å². The maximum Gasteiger partial charge on any atom is 0.223 e. The summed E-state index contributed by atoms with van der Waals surface area (Å²) in [6.45, 7) is 3.99. The van der Waals surface area contributed by atoms with Crippen LogP contribution in [-0.4, -0.2) is 44.3 Å². The van der Waals surface area contributed by atoms with Gasteiger partial charge in [0, 0.05) is 36.7 Å². The highest BCUT2D eigenvalue weighted by Crippen LogP contribution is 2.24. The summed E-state index contributed by atoms with van der Waals surface area (Å²) in [6.07, 6.45) is 1.16. The van der Waals surface area contributed by atoms with Gasteiger partial charge in [-0.25, -0.2) is 8.42 Å². The largest absolute Gasteiger partial charge is 0.342 e. The van der Waals surface area contributed by atoms with Crippen LogP contribution in [0.1, 0.15) is 31.7 Å². The lowest BCUT2D eigenvalue weighted by molar-refractivity contribution is -0.131. The molecule has 118 valence electrons. The molecule has 0 aliphatic heterocycles. The number of hydrogen-bond acceptors (Lipinski definition) is 3. The van der Waals surface area contributed by atoms with Crippen LogP contribution in [-0.2, 0) is 14.6 Å². The molecular weight excluding hydrogens is 310 g/mol. The first kappa shape index (κ1) is 18.0. The normalized spacial score (nSPS) is 14.5. The van der Waals surface area contributed by atoms with Gasteiger partial charge < -0.3 is 4.90 Å². The van der Waals surface area contributed by atoms with Gasteiger partial charge in [-0.2, -0.15) is 0 Å². The first-order valence-corrected chi connectivity index (χ1v) is 9.24. The standard InChI is InChI=1S/C15H22ClNO3S/c1-11(13-5-7-14(16)8-6-13)12(2)17(3)15(18)9-10-21(4,19)20/h5-8,11-12H,9-10H2,1-4H3/t11-,12-/m0/s1. The Kier molecular flexibility index (Phi) is 6.23. The van der Waals surface area contributed by atoms with Crippen molar-refractivity contribution in [1.82, 2.24) is 4.90 Å². The summed E-state index contributed by atoms with van der Waals surface area (Å²) in [5, 5.41) is 0.677. The van der Waals surface area contributed by atoms with Gasteiger partial charge >= 0.3 is 0 Å². The molecule has 6 heteroatoms. The number of halogens is 1. The van der Waals surface area contributed by atoms with Crippen molar-refractivity contribution in [3.63, 3.8) is 0 Å². The first-order chi connectivity index (χ1) is 9.61. The number of likely N-dealkylation sites (N-methyl/N-ethyl adjacent to an activating group) is 1. The third-order valence-electron chi connectivity index (χ3n) is 3.81. The van der Waals surface area contributed by atoms with Gasteiger partial charge in [0.25, 0.3) is 0 Å². The van der Waals surface area contributed by atoms with Gasteiger partial charge in [-0.15, -0.1) is 0 Å². The van der Waals surface area contributed by atoms with E-state index in [2.05, 4.69) is 0 Å². The Balaban J connectivity index is 2.70. The molecule has 0 bridgehead atoms. The molecule has 0 aliphatic rings. The molecule has 1 aromatic rings. The molecule has 4 nitrogen and oxygen atoms in total. The van der Waals surface area contributed by atoms with E-state index in [4.69, 9.17) is 11.6 Å². The van der Waals surface area contributed by atoms with Crippen LogP contribution in [0.2, 0.25) is 5.02 Å². The minimum absolute atomic E-state index is 0.0208. The topological polar surface area (TPSA) is 54.5 Å². The van der Waals surface area contributed by atoms with E-state index in [9.17, 15) is 13.2 Å². The number of carbonyl (C=O) groups excluding carboxylic acids is 1. The Bertz CT molecular complexity index is 583. The van der Waals surface area contributed by atoms with E-state index >= 15 is 0 Å². The summed E-state index contributed by atoms with van der Waals surface area (Å²) in [5.74, 6) is -0.138. The Hall–Kier alpha value is -1.07. The first-order valence-electron chi connectivity index (χ1n) is 6.80. The van der Waals surface area contributed by atoms with Crippen LogP contribution in [0, 0.1) is 0 Å². The third kappa shape index (κ3) is 5.67. The zero-order valence-corrected chi connectivity index (χ0v) is 14.4. The summed E-state index contributed by atoms with van der Waals surface area (Å²) < 4.78 is 22.3. The predicted molar refractivity (Wildman–Crippen MR) is 86.4 cm³/mol. The van der Waals surface area contributed by atoms with Crippen molar-refractivity contribution in [3.8, 4) is 0 Å². The minimum atomic E-state index is -3.12. The zero-order chi connectivity index (χ0) is 16.2. The van der Waals surface area contributed by atoms with E-state index in [0.717, 1.165) is 11.8 Å². The fraction of sp³-hybridized carbons (Fsp3) is 0.533. The molecule has 0 aromatic heterocycles. The van der Waals surface area contributed by atoms with Gasteiger partial charge in [0.15, 0.2) is 0 Å². The van der Waals surface area contributed by atoms with Crippen LogP contribution in [0.5, 0.6) is 0 Å². The molecule has 1 aromatic carbocycles. The van der Waals surface area contributed by atoms with Crippen LogP contribution in [0.4, 0.5) is 0 Å². The van der Waals surface area contributed by atoms with E-state index in [1.165, 1.54) is 0 Å². The highest BCUT2D eigenvalue weighted by Gasteiger charge is 2.23. The lowest BCUT2D eigenvalue weighted by Crippen LogP contribution is -2.38. The van der Waals surface area contributed by atoms with Crippen molar-refractivity contribution in [2.24, 2.45) is 0 Å². The molecule has 0 radical (unpaired) electrons. The van der Waals surface area contributed by atoms with Crippen LogP contribution >= 0.6 is 11.6 Å². The summed E-state index contributed by atoms with van der Waals surface area (Å²) in [5.41, 5.74) is 1.09. The number of carbonyl (C=O) groups is 1. The Morgan fingerprint density at radius 3 is 2.24 bits per heavy atom. The number of sulfone groups is 1. The van der Waals surface area contributed by atoms with Crippen molar-refractivity contribution < 1.29 is 13.2 Å². The SMILES string of the molecule is C[C@H](c1ccc(Cl)cc1)[C@H](C)N(C)C(=O)CCS(C)(=O)=O. The molecule has 0 unspecified atom stereocenters. The van der Waals surface area contributed by atoms with Crippen molar-refractivity contribution in [2.45, 2.75) is 32.2 Å². The maximum absolute atomic E-state index is 12.1. The molecule has 0 fully saturated rings. The third-order valence-corrected chi connectivity index (χ3v) is 5.01. The second kappa shape index (κ2) is 7.27. The summed E-state index contributed by atoms with van der Waals surface area (Å²) >= 11 is 5.87. The van der Waals surface area contributed by atoms with Gasteiger partial charge in [0.1, 0.15) is 9.84 Å². The molecule has 0 saturated heterocycles. The molecule has 21 heavy (non-hydrogen) atoms. The fourth-order valence-electron chi connectivity index (χ4n) is 2.06. The van der Waals surface area contributed by atoms with Gasteiger partial charge in [0.2, 0.25) is 5.91 Å². The molecule has 0 spiro atoms. The highest BCUT2D eigenvalue weighted by atomic mass is 35.5. The fourth-order valence-corrected chi connectivity index (χ4v) is 2.73. The van der Waals surface area contributed by atoms with Crippen LogP contribution < -0.4 is 0 Å². The van der Waals surface area contributed by atoms with Gasteiger partial charge in [-0.3, -0.25) is 4.79 Å². The summed E-state index contributed by atoms with van der Waals surface area (Å²) in [6, 6.07) is 7.51. The molecule has 1 amide bonds. The van der Waals surface area contributed by atoms with E-state index in [0.29, 0.717) is 5.02 Å². The van der Waals surface area contributed by atoms with E-state index in [-0.39, 0.29) is 30.0 Å². The van der Waals surface area contributed by atoms with Crippen molar-refractivity contribution in [1.29, 1.82) is 0 Å². The molecule has 2 atom stereocenters. The second-order valence-electron chi connectivity index (χ2n) is 5.47. The molecule has 1 rings (SSSR count). The number of nitrogens with zero attached hydrogens (tertiary/aromatic N) is 1. The van der Waals surface area contributed by atoms with Crippen molar-refractivity contribution in [2.75, 3.05) is 19.1 Å². The highest BCUT2D eigenvalue weighted by molar-refractivity contribution is 7.90. The van der Waals surface area contributed by atoms with E-state index < -0.39 is 9.84 Å². The molecular formula is C15H22ClNO3S. The molecule has 0 aliphatic carbocycles. The molecule has 0 N–H and O–H groups in total. The minimum Gasteiger partial charge on any atom is -0.342 e. The monoisotopic (exact) mass is 331 g/mol. The van der Waals surface area contributed by atoms with E-state index in [1.54, 1.807) is 11.9 Å². The van der Waals surface area contributed by atoms with Crippen LogP contribution in [0.3, 0.4) is 0 Å². The molecule has 0 saturated carbocycles. The second-order valence-corrected chi connectivity index (χ2v) is 8.16. The van der Waals surface area contributed by atoms with Crippen molar-refractivity contribution in [3.05, 3.63) is 34.9 Å². The average Bonchev–Trinajstić information content (AvgIpc) is 2.42. The Morgan fingerprint density at radius 1 is 1.24 bits per heavy atom. The maximum atomic E-state index is 12.1. The van der Waals surface area contributed by atoms with Gasteiger partial charge in [-0.1, -0.05) is 30.7 Å². The number of rotatable bonds is 6. The van der Waals surface area contributed by atoms with Crippen LogP contribution in [0.15, 0.2) is 24.3 Å². The smallest absolute Gasteiger partial charge is 0.223 e. The lowest BCUT2D eigenvalue weighted by Gasteiger charge is -2.30.